The number of carbonyl (C=O) groups excluding carboxylic acids is 1. The van der Waals surface area contributed by atoms with Crippen molar-refractivity contribution in [2.24, 2.45) is 11.1 Å². The number of esters is 1. The molecule has 0 saturated carbocycles. The van der Waals surface area contributed by atoms with E-state index in [1.54, 1.807) is 0 Å². The Hall–Kier alpha value is -1.39. The summed E-state index contributed by atoms with van der Waals surface area (Å²) in [5, 5.41) is 0. The third-order valence-corrected chi connectivity index (χ3v) is 4.25. The van der Waals surface area contributed by atoms with Crippen molar-refractivity contribution in [3.63, 3.8) is 0 Å². The van der Waals surface area contributed by atoms with Crippen LogP contribution in [-0.4, -0.2) is 37.6 Å². The number of hydrogen-bond acceptors (Lipinski definition) is 4. The van der Waals surface area contributed by atoms with E-state index < -0.39 is 11.5 Å². The van der Waals surface area contributed by atoms with Gasteiger partial charge in [0, 0.05) is 12.6 Å². The van der Waals surface area contributed by atoms with E-state index in [2.05, 4.69) is 32.6 Å². The van der Waals surface area contributed by atoms with Gasteiger partial charge in [0.25, 0.3) is 0 Å². The fourth-order valence-corrected chi connectivity index (χ4v) is 2.38. The molecule has 0 aromatic heterocycles. The van der Waals surface area contributed by atoms with Gasteiger partial charge in [-0.25, -0.2) is 4.79 Å². The van der Waals surface area contributed by atoms with Gasteiger partial charge in [0.15, 0.2) is 5.54 Å². The third kappa shape index (κ3) is 4.05. The smallest absolute Gasteiger partial charge is 0.331 e. The summed E-state index contributed by atoms with van der Waals surface area (Å²) in [5.74, 6) is -0.415. The largest absolute Gasteiger partial charge is 0.467 e. The van der Waals surface area contributed by atoms with Gasteiger partial charge in [0.1, 0.15) is 0 Å². The summed E-state index contributed by atoms with van der Waals surface area (Å²) in [7, 11) is 3.36. The van der Waals surface area contributed by atoms with Crippen LogP contribution in [0.2, 0.25) is 0 Å². The molecule has 0 spiro atoms. The second-order valence-corrected chi connectivity index (χ2v) is 6.79. The average molecular weight is 292 g/mol. The zero-order valence-corrected chi connectivity index (χ0v) is 14.0. The number of benzene rings is 1. The van der Waals surface area contributed by atoms with Crippen LogP contribution in [0.15, 0.2) is 30.3 Å². The standard InChI is InChI=1S/C17H28N2O2/c1-13(16(2,3)4)19(5)12-17(18,15(20)21-6)14-10-8-7-9-11-14/h7-11,13H,12,18H2,1-6H3. The van der Waals surface area contributed by atoms with E-state index in [9.17, 15) is 4.79 Å². The molecule has 0 fully saturated rings. The Labute approximate surface area is 128 Å². The fourth-order valence-electron chi connectivity index (χ4n) is 2.38. The van der Waals surface area contributed by atoms with Crippen LogP contribution in [-0.2, 0) is 15.1 Å². The lowest BCUT2D eigenvalue weighted by atomic mass is 9.84. The molecule has 0 aliphatic rings. The van der Waals surface area contributed by atoms with E-state index >= 15 is 0 Å². The topological polar surface area (TPSA) is 55.6 Å². The molecule has 1 aromatic carbocycles. The van der Waals surface area contributed by atoms with E-state index in [0.717, 1.165) is 5.56 Å². The Kier molecular flexibility index (Phi) is 5.54. The number of rotatable bonds is 5. The molecule has 4 heteroatoms. The first-order valence-corrected chi connectivity index (χ1v) is 7.26. The number of likely N-dealkylation sites (N-methyl/N-ethyl adjacent to an activating group) is 1. The van der Waals surface area contributed by atoms with E-state index in [1.165, 1.54) is 7.11 Å². The normalized spacial score (nSPS) is 16.4. The molecule has 4 nitrogen and oxygen atoms in total. The molecular formula is C17H28N2O2. The lowest BCUT2D eigenvalue weighted by Gasteiger charge is -2.39. The van der Waals surface area contributed by atoms with Crippen LogP contribution >= 0.6 is 0 Å². The van der Waals surface area contributed by atoms with Crippen LogP contribution in [0.4, 0.5) is 0 Å². The molecule has 21 heavy (non-hydrogen) atoms. The molecule has 0 heterocycles. The van der Waals surface area contributed by atoms with Gasteiger partial charge in [-0.3, -0.25) is 0 Å². The highest BCUT2D eigenvalue weighted by Crippen LogP contribution is 2.27. The molecule has 2 N–H and O–H groups in total. The van der Waals surface area contributed by atoms with Crippen LogP contribution < -0.4 is 5.73 Å². The monoisotopic (exact) mass is 292 g/mol. The Balaban J connectivity index is 3.08. The summed E-state index contributed by atoms with van der Waals surface area (Å²) in [4.78, 5) is 14.4. The number of nitrogens with zero attached hydrogens (tertiary/aromatic N) is 1. The van der Waals surface area contributed by atoms with Gasteiger partial charge in [0.05, 0.1) is 7.11 Å². The first-order chi connectivity index (χ1) is 9.63. The molecule has 0 radical (unpaired) electrons. The van der Waals surface area contributed by atoms with E-state index in [1.807, 2.05) is 37.4 Å². The average Bonchev–Trinajstić information content (AvgIpc) is 2.45. The van der Waals surface area contributed by atoms with Crippen molar-refractivity contribution in [3.05, 3.63) is 35.9 Å². The van der Waals surface area contributed by atoms with Gasteiger partial charge in [-0.2, -0.15) is 0 Å². The minimum absolute atomic E-state index is 0.0997. The van der Waals surface area contributed by atoms with Crippen molar-refractivity contribution >= 4 is 5.97 Å². The Morgan fingerprint density at radius 2 is 1.81 bits per heavy atom. The van der Waals surface area contributed by atoms with Crippen LogP contribution in [0.1, 0.15) is 33.3 Å². The third-order valence-electron chi connectivity index (χ3n) is 4.25. The van der Waals surface area contributed by atoms with Crippen LogP contribution in [0.3, 0.4) is 0 Å². The predicted octanol–water partition coefficient (Wildman–Crippen LogP) is 2.38. The van der Waals surface area contributed by atoms with Crippen molar-refractivity contribution in [2.45, 2.75) is 39.3 Å². The molecule has 2 atom stereocenters. The summed E-state index contributed by atoms with van der Waals surface area (Å²) >= 11 is 0. The van der Waals surface area contributed by atoms with Gasteiger partial charge in [-0.1, -0.05) is 51.1 Å². The lowest BCUT2D eigenvalue weighted by Crippen LogP contribution is -2.56. The maximum absolute atomic E-state index is 12.3. The molecule has 0 saturated heterocycles. The number of hydrogen-bond donors (Lipinski definition) is 1. The van der Waals surface area contributed by atoms with Crippen molar-refractivity contribution in [3.8, 4) is 0 Å². The quantitative estimate of drug-likeness (QED) is 0.847. The number of methoxy groups -OCH3 is 1. The zero-order valence-electron chi connectivity index (χ0n) is 14.0. The van der Waals surface area contributed by atoms with Gasteiger partial charge < -0.3 is 15.4 Å². The zero-order chi connectivity index (χ0) is 16.3. The maximum atomic E-state index is 12.3. The predicted molar refractivity (Wildman–Crippen MR) is 85.9 cm³/mol. The summed E-state index contributed by atoms with van der Waals surface area (Å²) in [6, 6.07) is 9.68. The van der Waals surface area contributed by atoms with Crippen molar-refractivity contribution in [2.75, 3.05) is 20.7 Å². The molecular weight excluding hydrogens is 264 g/mol. The Morgan fingerprint density at radius 1 is 1.29 bits per heavy atom. The second kappa shape index (κ2) is 6.58. The Bertz CT molecular complexity index is 467. The SMILES string of the molecule is COC(=O)C(N)(CN(C)C(C)C(C)(C)C)c1ccccc1. The van der Waals surface area contributed by atoms with Crippen LogP contribution in [0, 0.1) is 5.41 Å². The molecule has 0 aliphatic carbocycles. The summed E-state index contributed by atoms with van der Waals surface area (Å²) in [6.45, 7) is 9.07. The molecule has 0 bridgehead atoms. The summed E-state index contributed by atoms with van der Waals surface area (Å²) in [6.07, 6.45) is 0. The highest BCUT2D eigenvalue weighted by atomic mass is 16.5. The molecule has 2 unspecified atom stereocenters. The number of nitrogens with two attached hydrogens (primary N) is 1. The first kappa shape index (κ1) is 17.7. The van der Waals surface area contributed by atoms with Crippen LogP contribution in [0.5, 0.6) is 0 Å². The first-order valence-electron chi connectivity index (χ1n) is 7.26. The number of ether oxygens (including phenoxy) is 1. The molecule has 118 valence electrons. The highest BCUT2D eigenvalue weighted by Gasteiger charge is 2.40. The second-order valence-electron chi connectivity index (χ2n) is 6.79. The van der Waals surface area contributed by atoms with Crippen molar-refractivity contribution in [1.82, 2.24) is 4.90 Å². The van der Waals surface area contributed by atoms with Crippen LogP contribution in [0.25, 0.3) is 0 Å². The maximum Gasteiger partial charge on any atom is 0.331 e. The molecule has 1 aromatic rings. The molecule has 0 amide bonds. The van der Waals surface area contributed by atoms with Gasteiger partial charge in [0.2, 0.25) is 0 Å². The fraction of sp³-hybridized carbons (Fsp3) is 0.588. The van der Waals surface area contributed by atoms with E-state index in [-0.39, 0.29) is 11.5 Å². The summed E-state index contributed by atoms with van der Waals surface area (Å²) in [5.41, 5.74) is 6.14. The summed E-state index contributed by atoms with van der Waals surface area (Å²) < 4.78 is 4.95. The Morgan fingerprint density at radius 3 is 2.24 bits per heavy atom. The van der Waals surface area contributed by atoms with Crippen molar-refractivity contribution < 1.29 is 9.53 Å². The van der Waals surface area contributed by atoms with Gasteiger partial charge >= 0.3 is 5.97 Å². The lowest BCUT2D eigenvalue weighted by molar-refractivity contribution is -0.148. The molecule has 1 rings (SSSR count). The van der Waals surface area contributed by atoms with Gasteiger partial charge in [-0.05, 0) is 24.9 Å². The minimum Gasteiger partial charge on any atom is -0.467 e. The van der Waals surface area contributed by atoms with E-state index in [0.29, 0.717) is 6.54 Å². The number of carbonyl (C=O) groups is 1. The highest BCUT2D eigenvalue weighted by molar-refractivity contribution is 5.82. The van der Waals surface area contributed by atoms with Crippen molar-refractivity contribution in [1.29, 1.82) is 0 Å². The van der Waals surface area contributed by atoms with E-state index in [4.69, 9.17) is 10.5 Å². The molecule has 0 aliphatic heterocycles. The minimum atomic E-state index is -1.16. The van der Waals surface area contributed by atoms with Gasteiger partial charge in [-0.15, -0.1) is 0 Å².